The Bertz CT molecular complexity index is 2140. The maximum atomic E-state index is 14.0. The summed E-state index contributed by atoms with van der Waals surface area (Å²) >= 11 is 1.19. The molecule has 226 valence electrons. The minimum Gasteiger partial charge on any atom is -0.494 e. The van der Waals surface area contributed by atoms with E-state index in [1.54, 1.807) is 56.3 Å². The van der Waals surface area contributed by atoms with Gasteiger partial charge in [-0.15, -0.1) is 0 Å². The van der Waals surface area contributed by atoms with E-state index in [0.717, 1.165) is 5.56 Å². The average molecular weight is 621 g/mol. The quantitative estimate of drug-likeness (QED) is 0.174. The molecule has 0 radical (unpaired) electrons. The van der Waals surface area contributed by atoms with Crippen LogP contribution in [0.15, 0.2) is 110 Å². The van der Waals surface area contributed by atoms with Gasteiger partial charge in [0.15, 0.2) is 4.80 Å². The lowest BCUT2D eigenvalue weighted by atomic mass is 9.95. The van der Waals surface area contributed by atoms with Crippen LogP contribution in [-0.4, -0.2) is 22.0 Å². The van der Waals surface area contributed by atoms with E-state index >= 15 is 0 Å². The van der Waals surface area contributed by atoms with Crippen molar-refractivity contribution in [3.63, 3.8) is 0 Å². The van der Waals surface area contributed by atoms with E-state index in [1.807, 2.05) is 49.4 Å². The third-order valence-electron chi connectivity index (χ3n) is 7.47. The minimum absolute atomic E-state index is 0.00414. The number of amides is 1. The first-order valence-corrected chi connectivity index (χ1v) is 15.0. The number of carbonyl (C=O) groups is 1. The Morgan fingerprint density at radius 2 is 1.82 bits per heavy atom. The van der Waals surface area contributed by atoms with Crippen LogP contribution >= 0.6 is 11.3 Å². The van der Waals surface area contributed by atoms with Crippen molar-refractivity contribution in [3.05, 3.63) is 143 Å². The number of fused-ring (bicyclic) bond motifs is 1. The molecule has 0 unspecified atom stereocenters. The van der Waals surface area contributed by atoms with Gasteiger partial charge in [0.05, 0.1) is 33.4 Å². The number of para-hydroxylation sites is 1. The molecule has 3 aromatic carbocycles. The van der Waals surface area contributed by atoms with Gasteiger partial charge in [0.2, 0.25) is 0 Å². The predicted octanol–water partition coefficient (Wildman–Crippen LogP) is 5.75. The molecule has 0 spiro atoms. The lowest BCUT2D eigenvalue weighted by Crippen LogP contribution is -2.40. The normalized spacial score (nSPS) is 14.6. The van der Waals surface area contributed by atoms with Crippen LogP contribution in [0.3, 0.4) is 0 Å². The first-order chi connectivity index (χ1) is 21.7. The summed E-state index contributed by atoms with van der Waals surface area (Å²) in [4.78, 5) is 43.9. The van der Waals surface area contributed by atoms with Crippen LogP contribution in [-0.2, 0) is 4.79 Å². The Morgan fingerprint density at radius 3 is 2.53 bits per heavy atom. The number of thiazole rings is 1. The SMILES string of the molecule is CCOc1ccc([C@@H]2C(C(=O)Nc3ccccc3)=C(C)N=c3s/c(=C\c4ccc(-c5cccc([N+](=O)[O-])c5C)o4)c(=O)n32)cc1. The number of hydrogen-bond donors (Lipinski definition) is 1. The third kappa shape index (κ3) is 5.73. The standard InChI is InChI=1S/C34H28N4O6S/c1-4-43-24-15-13-22(14-16-24)31-30(32(39)36-23-9-6-5-7-10-23)21(3)35-34-37(31)33(40)29(45-34)19-25-17-18-28(44-25)26-11-8-12-27(20(26)2)38(41)42/h5-19,31H,4H2,1-3H3,(H,36,39)/b29-19-/t31-/m1/s1. The molecule has 2 aromatic heterocycles. The Hall–Kier alpha value is -5.55. The van der Waals surface area contributed by atoms with E-state index in [0.29, 0.717) is 61.3 Å². The van der Waals surface area contributed by atoms with Crippen molar-refractivity contribution in [2.75, 3.05) is 11.9 Å². The number of furan rings is 1. The molecule has 0 aliphatic carbocycles. The van der Waals surface area contributed by atoms with Crippen LogP contribution in [0.4, 0.5) is 11.4 Å². The van der Waals surface area contributed by atoms with Gasteiger partial charge in [-0.1, -0.05) is 53.8 Å². The molecule has 45 heavy (non-hydrogen) atoms. The van der Waals surface area contributed by atoms with Crippen molar-refractivity contribution in [3.8, 4) is 17.1 Å². The number of anilines is 1. The summed E-state index contributed by atoms with van der Waals surface area (Å²) in [6, 6.07) is 23.9. The van der Waals surface area contributed by atoms with Gasteiger partial charge in [-0.2, -0.15) is 0 Å². The number of nitrogens with one attached hydrogen (secondary N) is 1. The zero-order valence-electron chi connectivity index (χ0n) is 24.6. The molecule has 1 atom stereocenters. The smallest absolute Gasteiger partial charge is 0.273 e. The zero-order chi connectivity index (χ0) is 31.7. The van der Waals surface area contributed by atoms with E-state index in [-0.39, 0.29) is 17.2 Å². The van der Waals surface area contributed by atoms with Crippen molar-refractivity contribution < 1.29 is 18.9 Å². The maximum Gasteiger partial charge on any atom is 0.273 e. The summed E-state index contributed by atoms with van der Waals surface area (Å²) in [5, 5.41) is 14.4. The van der Waals surface area contributed by atoms with Crippen LogP contribution in [0.25, 0.3) is 17.4 Å². The minimum atomic E-state index is -0.748. The van der Waals surface area contributed by atoms with E-state index in [9.17, 15) is 19.7 Å². The summed E-state index contributed by atoms with van der Waals surface area (Å²) in [6.45, 7) is 5.84. The zero-order valence-corrected chi connectivity index (χ0v) is 25.5. The van der Waals surface area contributed by atoms with Crippen molar-refractivity contribution in [1.29, 1.82) is 0 Å². The molecule has 0 fully saturated rings. The highest BCUT2D eigenvalue weighted by Gasteiger charge is 2.32. The number of nitro benzene ring substituents is 1. The Kier molecular flexibility index (Phi) is 8.01. The van der Waals surface area contributed by atoms with Crippen molar-refractivity contribution in [2.24, 2.45) is 4.99 Å². The van der Waals surface area contributed by atoms with Gasteiger partial charge >= 0.3 is 0 Å². The number of nitro groups is 1. The fourth-order valence-electron chi connectivity index (χ4n) is 5.35. The van der Waals surface area contributed by atoms with Crippen LogP contribution in [0.5, 0.6) is 5.75 Å². The molecule has 11 heteroatoms. The van der Waals surface area contributed by atoms with Gasteiger partial charge in [-0.05, 0) is 62.7 Å². The average Bonchev–Trinajstić information content (AvgIpc) is 3.61. The fraction of sp³-hybridized carbons (Fsp3) is 0.147. The molecule has 3 heterocycles. The van der Waals surface area contributed by atoms with Crippen molar-refractivity contribution in [1.82, 2.24) is 4.57 Å². The molecule has 10 nitrogen and oxygen atoms in total. The molecule has 1 aliphatic heterocycles. The fourth-order valence-corrected chi connectivity index (χ4v) is 6.38. The molecular formula is C34H28N4O6S. The van der Waals surface area contributed by atoms with Gasteiger partial charge in [0.25, 0.3) is 17.2 Å². The number of ether oxygens (including phenoxy) is 1. The van der Waals surface area contributed by atoms with Crippen molar-refractivity contribution in [2.45, 2.75) is 26.8 Å². The largest absolute Gasteiger partial charge is 0.494 e. The summed E-state index contributed by atoms with van der Waals surface area (Å²) in [5.74, 6) is 1.16. The van der Waals surface area contributed by atoms with E-state index < -0.39 is 11.0 Å². The second-order valence-electron chi connectivity index (χ2n) is 10.3. The molecule has 1 aliphatic rings. The Balaban J connectivity index is 1.44. The number of nitrogens with zero attached hydrogens (tertiary/aromatic N) is 3. The Labute approximate surface area is 261 Å². The predicted molar refractivity (Wildman–Crippen MR) is 172 cm³/mol. The van der Waals surface area contributed by atoms with Crippen LogP contribution in [0, 0.1) is 17.0 Å². The molecule has 0 saturated carbocycles. The van der Waals surface area contributed by atoms with Gasteiger partial charge < -0.3 is 14.5 Å². The Morgan fingerprint density at radius 1 is 1.07 bits per heavy atom. The highest BCUT2D eigenvalue weighted by molar-refractivity contribution is 7.07. The molecule has 6 rings (SSSR count). The molecule has 0 bridgehead atoms. The highest BCUT2D eigenvalue weighted by Crippen LogP contribution is 2.33. The number of carbonyl (C=O) groups excluding carboxylic acids is 1. The number of benzene rings is 3. The summed E-state index contributed by atoms with van der Waals surface area (Å²) in [6.07, 6.45) is 1.62. The highest BCUT2D eigenvalue weighted by atomic mass is 32.1. The topological polar surface area (TPSA) is 129 Å². The van der Waals surface area contributed by atoms with Crippen molar-refractivity contribution >= 4 is 34.7 Å². The second kappa shape index (κ2) is 12.2. The summed E-state index contributed by atoms with van der Waals surface area (Å²) in [5.41, 5.74) is 2.92. The monoisotopic (exact) mass is 620 g/mol. The number of aromatic nitrogens is 1. The van der Waals surface area contributed by atoms with Crippen LogP contribution < -0.4 is 24.9 Å². The van der Waals surface area contributed by atoms with Crippen LogP contribution in [0.2, 0.25) is 0 Å². The number of allylic oxidation sites excluding steroid dienone is 1. The molecule has 1 N–H and O–H groups in total. The lowest BCUT2D eigenvalue weighted by molar-refractivity contribution is -0.385. The lowest BCUT2D eigenvalue weighted by Gasteiger charge is -2.25. The number of rotatable bonds is 8. The molecule has 0 saturated heterocycles. The van der Waals surface area contributed by atoms with E-state index in [2.05, 4.69) is 10.3 Å². The van der Waals surface area contributed by atoms with Crippen LogP contribution in [0.1, 0.15) is 36.8 Å². The first kappa shape index (κ1) is 29.5. The van der Waals surface area contributed by atoms with Gasteiger partial charge in [0, 0.05) is 29.0 Å². The molecular weight excluding hydrogens is 592 g/mol. The summed E-state index contributed by atoms with van der Waals surface area (Å²) < 4.78 is 13.5. The molecule has 5 aromatic rings. The van der Waals surface area contributed by atoms with Gasteiger partial charge in [-0.3, -0.25) is 24.3 Å². The second-order valence-corrected chi connectivity index (χ2v) is 11.3. The first-order valence-electron chi connectivity index (χ1n) is 14.2. The molecule has 1 amide bonds. The van der Waals surface area contributed by atoms with Gasteiger partial charge in [0.1, 0.15) is 17.3 Å². The maximum absolute atomic E-state index is 14.0. The van der Waals surface area contributed by atoms with Gasteiger partial charge in [-0.25, -0.2) is 4.99 Å². The third-order valence-corrected chi connectivity index (χ3v) is 8.46. The van der Waals surface area contributed by atoms with E-state index in [1.165, 1.54) is 22.0 Å². The summed E-state index contributed by atoms with van der Waals surface area (Å²) in [7, 11) is 0. The van der Waals surface area contributed by atoms with E-state index in [4.69, 9.17) is 9.15 Å². The number of hydrogen-bond acceptors (Lipinski definition) is 8.